The number of pyridine rings is 1. The second-order valence-electron chi connectivity index (χ2n) is 6.84. The molecule has 7 nitrogen and oxygen atoms in total. The van der Waals surface area contributed by atoms with Crippen LogP contribution in [0.4, 0.5) is 4.79 Å². The van der Waals surface area contributed by atoms with Crippen LogP contribution in [0.15, 0.2) is 48.7 Å². The summed E-state index contributed by atoms with van der Waals surface area (Å²) < 4.78 is 7.06. The molecule has 2 heterocycles. The molecule has 0 saturated heterocycles. The van der Waals surface area contributed by atoms with E-state index in [1.807, 2.05) is 53.1 Å². The highest BCUT2D eigenvalue weighted by atomic mass is 16.5. The molecule has 27 heavy (non-hydrogen) atoms. The van der Waals surface area contributed by atoms with E-state index in [4.69, 9.17) is 4.74 Å². The van der Waals surface area contributed by atoms with Crippen LogP contribution in [0.2, 0.25) is 0 Å². The van der Waals surface area contributed by atoms with Gasteiger partial charge in [0.25, 0.3) is 0 Å². The fraction of sp³-hybridized carbons (Fsp3) is 0.350. The first kappa shape index (κ1) is 18.7. The van der Waals surface area contributed by atoms with E-state index in [-0.39, 0.29) is 12.1 Å². The molecule has 2 N–H and O–H groups in total. The van der Waals surface area contributed by atoms with E-state index >= 15 is 0 Å². The number of carbonyl (C=O) groups excluding carboxylic acids is 1. The molecule has 0 unspecified atom stereocenters. The van der Waals surface area contributed by atoms with Gasteiger partial charge in [0.15, 0.2) is 11.5 Å². The maximum absolute atomic E-state index is 12.5. The number of hydrogen-bond acceptors (Lipinski definition) is 4. The minimum Gasteiger partial charge on any atom is -0.497 e. The molecule has 1 aromatic carbocycles. The number of amides is 2. The number of urea groups is 1. The standard InChI is InChI=1S/C20H25N5O2/c1-14(2)12-17(19-24-23-18-6-4-5-11-25(18)19)22-20(26)21-13-15-7-9-16(27-3)10-8-15/h4-11,14,17H,12-13H2,1-3H3,(H2,21,22,26)/t17-/m0/s1. The smallest absolute Gasteiger partial charge is 0.315 e. The van der Waals surface area contributed by atoms with Crippen molar-refractivity contribution in [3.8, 4) is 5.75 Å². The lowest BCUT2D eigenvalue weighted by molar-refractivity contribution is 0.234. The first-order valence-electron chi connectivity index (χ1n) is 9.03. The predicted molar refractivity (Wildman–Crippen MR) is 104 cm³/mol. The number of nitrogens with zero attached hydrogens (tertiary/aromatic N) is 3. The molecule has 1 atom stereocenters. The second-order valence-corrected chi connectivity index (χ2v) is 6.84. The largest absolute Gasteiger partial charge is 0.497 e. The van der Waals surface area contributed by atoms with E-state index in [9.17, 15) is 4.79 Å². The van der Waals surface area contributed by atoms with E-state index < -0.39 is 0 Å². The maximum Gasteiger partial charge on any atom is 0.315 e. The summed E-state index contributed by atoms with van der Waals surface area (Å²) in [5, 5.41) is 14.4. The van der Waals surface area contributed by atoms with Crippen molar-refractivity contribution in [1.29, 1.82) is 0 Å². The highest BCUT2D eigenvalue weighted by Gasteiger charge is 2.21. The molecule has 0 saturated carbocycles. The van der Waals surface area contributed by atoms with Gasteiger partial charge < -0.3 is 15.4 Å². The third-order valence-electron chi connectivity index (χ3n) is 4.28. The summed E-state index contributed by atoms with van der Waals surface area (Å²) in [4.78, 5) is 12.5. The summed E-state index contributed by atoms with van der Waals surface area (Å²) >= 11 is 0. The Morgan fingerprint density at radius 1 is 1.15 bits per heavy atom. The summed E-state index contributed by atoms with van der Waals surface area (Å²) in [5.74, 6) is 1.92. The number of fused-ring (bicyclic) bond motifs is 1. The van der Waals surface area contributed by atoms with Gasteiger partial charge in [0, 0.05) is 12.7 Å². The number of methoxy groups -OCH3 is 1. The number of benzene rings is 1. The lowest BCUT2D eigenvalue weighted by atomic mass is 10.0. The molecular formula is C20H25N5O2. The Hall–Kier alpha value is -3.09. The lowest BCUT2D eigenvalue weighted by Crippen LogP contribution is -2.38. The average molecular weight is 367 g/mol. The number of nitrogens with one attached hydrogen (secondary N) is 2. The molecule has 0 radical (unpaired) electrons. The quantitative estimate of drug-likeness (QED) is 0.671. The summed E-state index contributed by atoms with van der Waals surface area (Å²) in [7, 11) is 1.63. The molecule has 0 aliphatic rings. The van der Waals surface area contributed by atoms with Crippen molar-refractivity contribution in [3.63, 3.8) is 0 Å². The predicted octanol–water partition coefficient (Wildman–Crippen LogP) is 3.32. The first-order chi connectivity index (χ1) is 13.1. The van der Waals surface area contributed by atoms with Crippen LogP contribution in [-0.4, -0.2) is 27.7 Å². The molecule has 2 aromatic heterocycles. The molecular weight excluding hydrogens is 342 g/mol. The lowest BCUT2D eigenvalue weighted by Gasteiger charge is -2.19. The fourth-order valence-corrected chi connectivity index (χ4v) is 2.93. The van der Waals surface area contributed by atoms with Crippen LogP contribution < -0.4 is 15.4 Å². The van der Waals surface area contributed by atoms with E-state index in [0.717, 1.165) is 29.2 Å². The van der Waals surface area contributed by atoms with Crippen LogP contribution in [0.3, 0.4) is 0 Å². The van der Waals surface area contributed by atoms with Gasteiger partial charge in [0.2, 0.25) is 0 Å². The molecule has 3 aromatic rings. The van der Waals surface area contributed by atoms with Crippen LogP contribution in [-0.2, 0) is 6.54 Å². The maximum atomic E-state index is 12.5. The zero-order valence-electron chi connectivity index (χ0n) is 15.8. The van der Waals surface area contributed by atoms with Gasteiger partial charge in [-0.05, 0) is 42.2 Å². The van der Waals surface area contributed by atoms with Crippen molar-refractivity contribution < 1.29 is 9.53 Å². The summed E-state index contributed by atoms with van der Waals surface area (Å²) in [5.41, 5.74) is 1.76. The van der Waals surface area contributed by atoms with Crippen molar-refractivity contribution in [2.75, 3.05) is 7.11 Å². The second kappa shape index (κ2) is 8.53. The summed E-state index contributed by atoms with van der Waals surface area (Å²) in [6.45, 7) is 4.67. The van der Waals surface area contributed by atoms with Gasteiger partial charge in [0.05, 0.1) is 13.2 Å². The van der Waals surface area contributed by atoms with Gasteiger partial charge in [0.1, 0.15) is 5.75 Å². The molecule has 0 spiro atoms. The normalized spacial score (nSPS) is 12.1. The molecule has 3 rings (SSSR count). The molecule has 142 valence electrons. The Balaban J connectivity index is 1.67. The topological polar surface area (TPSA) is 80.5 Å². The van der Waals surface area contributed by atoms with E-state index in [1.54, 1.807) is 7.11 Å². The van der Waals surface area contributed by atoms with Crippen molar-refractivity contribution in [1.82, 2.24) is 25.2 Å². The SMILES string of the molecule is COc1ccc(CNC(=O)N[C@@H](CC(C)C)c2nnc3ccccn23)cc1. The van der Waals surface area contributed by atoms with Gasteiger partial charge in [-0.1, -0.05) is 32.0 Å². The minimum atomic E-state index is -0.232. The van der Waals surface area contributed by atoms with Gasteiger partial charge >= 0.3 is 6.03 Å². The van der Waals surface area contributed by atoms with Crippen molar-refractivity contribution in [3.05, 3.63) is 60.0 Å². The van der Waals surface area contributed by atoms with Crippen molar-refractivity contribution in [2.24, 2.45) is 5.92 Å². The molecule has 0 fully saturated rings. The van der Waals surface area contributed by atoms with Crippen LogP contribution in [0, 0.1) is 5.92 Å². The highest BCUT2D eigenvalue weighted by Crippen LogP contribution is 2.20. The van der Waals surface area contributed by atoms with Crippen LogP contribution in [0.5, 0.6) is 5.75 Å². The highest BCUT2D eigenvalue weighted by molar-refractivity contribution is 5.74. The van der Waals surface area contributed by atoms with E-state index in [2.05, 4.69) is 34.7 Å². The first-order valence-corrected chi connectivity index (χ1v) is 9.03. The van der Waals surface area contributed by atoms with Gasteiger partial charge in [-0.25, -0.2) is 4.79 Å². The molecule has 0 aliphatic carbocycles. The Labute approximate surface area is 158 Å². The molecule has 0 aliphatic heterocycles. The fourth-order valence-electron chi connectivity index (χ4n) is 2.93. The van der Waals surface area contributed by atoms with Crippen LogP contribution in [0.25, 0.3) is 5.65 Å². The van der Waals surface area contributed by atoms with E-state index in [1.165, 1.54) is 0 Å². The van der Waals surface area contributed by atoms with Crippen LogP contribution >= 0.6 is 0 Å². The number of hydrogen-bond donors (Lipinski definition) is 2. The third kappa shape index (κ3) is 4.75. The number of ether oxygens (including phenoxy) is 1. The minimum absolute atomic E-state index is 0.224. The molecule has 2 amide bonds. The number of aromatic nitrogens is 3. The van der Waals surface area contributed by atoms with Gasteiger partial charge in [-0.15, -0.1) is 10.2 Å². The molecule has 7 heteroatoms. The third-order valence-corrected chi connectivity index (χ3v) is 4.28. The van der Waals surface area contributed by atoms with Crippen molar-refractivity contribution in [2.45, 2.75) is 32.9 Å². The van der Waals surface area contributed by atoms with Gasteiger partial charge in [-0.3, -0.25) is 4.40 Å². The Kier molecular flexibility index (Phi) is 5.90. The number of carbonyl (C=O) groups is 1. The Morgan fingerprint density at radius 2 is 1.93 bits per heavy atom. The van der Waals surface area contributed by atoms with Crippen LogP contribution in [0.1, 0.15) is 37.7 Å². The summed E-state index contributed by atoms with van der Waals surface area (Å²) in [6, 6.07) is 12.9. The summed E-state index contributed by atoms with van der Waals surface area (Å²) in [6.07, 6.45) is 2.68. The zero-order chi connectivity index (χ0) is 19.2. The van der Waals surface area contributed by atoms with Gasteiger partial charge in [-0.2, -0.15) is 0 Å². The number of rotatable bonds is 7. The monoisotopic (exact) mass is 367 g/mol. The molecule has 0 bridgehead atoms. The Morgan fingerprint density at radius 3 is 2.63 bits per heavy atom. The Bertz CT molecular complexity index is 889. The zero-order valence-corrected chi connectivity index (χ0v) is 15.8. The van der Waals surface area contributed by atoms with E-state index in [0.29, 0.717) is 12.5 Å². The average Bonchev–Trinajstić information content (AvgIpc) is 3.10. The van der Waals surface area contributed by atoms with Crippen molar-refractivity contribution >= 4 is 11.7 Å².